The van der Waals surface area contributed by atoms with E-state index in [1.165, 1.54) is 0 Å². The van der Waals surface area contributed by atoms with Gasteiger partial charge in [0.25, 0.3) is 0 Å². The van der Waals surface area contributed by atoms with Crippen molar-refractivity contribution in [3.8, 4) is 0 Å². The first-order chi connectivity index (χ1) is 5.72. The molecule has 12 heavy (non-hydrogen) atoms. The fourth-order valence-corrected chi connectivity index (χ4v) is 1.67. The van der Waals surface area contributed by atoms with Crippen LogP contribution in [-0.4, -0.2) is 10.5 Å². The molecule has 0 unspecified atom stereocenters. The zero-order valence-corrected chi connectivity index (χ0v) is 7.93. The van der Waals surface area contributed by atoms with Crippen molar-refractivity contribution in [2.75, 3.05) is 6.26 Å². The Morgan fingerprint density at radius 3 is 2.17 bits per heavy atom. The molecule has 0 fully saturated rings. The molecule has 0 saturated heterocycles. The zero-order valence-electron chi connectivity index (χ0n) is 7.12. The fraction of sp³-hybridized carbons (Fsp3) is 0.333. The predicted molar refractivity (Wildman–Crippen MR) is 52.1 cm³/mol. The van der Waals surface area contributed by atoms with E-state index < -0.39 is 10.8 Å². The highest BCUT2D eigenvalue weighted by Gasteiger charge is 1.95. The van der Waals surface area contributed by atoms with Crippen LogP contribution in [0.15, 0.2) is 24.3 Å². The van der Waals surface area contributed by atoms with Gasteiger partial charge in [-0.25, -0.2) is 0 Å². The van der Waals surface area contributed by atoms with Gasteiger partial charge in [-0.05, 0) is 11.1 Å². The van der Waals surface area contributed by atoms with E-state index >= 15 is 0 Å². The summed E-state index contributed by atoms with van der Waals surface area (Å²) in [4.78, 5) is 0. The summed E-state index contributed by atoms with van der Waals surface area (Å²) in [7, 11) is -0.756. The van der Waals surface area contributed by atoms with Crippen molar-refractivity contribution in [2.24, 2.45) is 5.73 Å². The van der Waals surface area contributed by atoms with Crippen LogP contribution in [0.2, 0.25) is 0 Å². The number of benzene rings is 1. The summed E-state index contributed by atoms with van der Waals surface area (Å²) in [6.07, 6.45) is 1.71. The molecule has 3 heteroatoms. The van der Waals surface area contributed by atoms with Gasteiger partial charge in [0, 0.05) is 29.4 Å². The molecule has 0 bridgehead atoms. The third-order valence-corrected chi connectivity index (χ3v) is 2.37. The average Bonchev–Trinajstić information content (AvgIpc) is 2.05. The Labute approximate surface area is 75.2 Å². The first-order valence-electron chi connectivity index (χ1n) is 3.80. The number of rotatable bonds is 3. The molecule has 1 aromatic carbocycles. The maximum absolute atomic E-state index is 10.9. The second-order valence-electron chi connectivity index (χ2n) is 2.74. The van der Waals surface area contributed by atoms with E-state index in [1.54, 1.807) is 6.26 Å². The third kappa shape index (κ3) is 2.75. The molecule has 0 heterocycles. The largest absolute Gasteiger partial charge is 0.326 e. The zero-order chi connectivity index (χ0) is 8.97. The standard InChI is InChI=1S/C9H13NOS/c1-12(11)7-9-4-2-8(6-10)3-5-9/h2-5H,6-7,10H2,1H3/t12-/m0/s1. The van der Waals surface area contributed by atoms with Gasteiger partial charge in [0.1, 0.15) is 0 Å². The van der Waals surface area contributed by atoms with Crippen LogP contribution in [0.3, 0.4) is 0 Å². The molecule has 0 spiro atoms. The first-order valence-corrected chi connectivity index (χ1v) is 5.53. The molecule has 0 aliphatic carbocycles. The van der Waals surface area contributed by atoms with Gasteiger partial charge in [-0.3, -0.25) is 4.21 Å². The minimum atomic E-state index is -0.756. The Morgan fingerprint density at radius 1 is 1.25 bits per heavy atom. The molecule has 1 rings (SSSR count). The maximum atomic E-state index is 10.9. The van der Waals surface area contributed by atoms with Crippen LogP contribution >= 0.6 is 0 Å². The van der Waals surface area contributed by atoms with E-state index in [-0.39, 0.29) is 0 Å². The SMILES string of the molecule is C[S@](=O)Cc1ccc(CN)cc1. The van der Waals surface area contributed by atoms with Crippen LogP contribution in [0.1, 0.15) is 11.1 Å². The lowest BCUT2D eigenvalue weighted by atomic mass is 10.1. The Hall–Kier alpha value is -0.670. The molecule has 1 atom stereocenters. The molecule has 0 amide bonds. The van der Waals surface area contributed by atoms with Gasteiger partial charge in [-0.15, -0.1) is 0 Å². The average molecular weight is 183 g/mol. The lowest BCUT2D eigenvalue weighted by molar-refractivity contribution is 0.686. The van der Waals surface area contributed by atoms with Crippen molar-refractivity contribution in [1.82, 2.24) is 0 Å². The normalized spacial score (nSPS) is 12.8. The number of nitrogens with two attached hydrogens (primary N) is 1. The van der Waals surface area contributed by atoms with E-state index in [4.69, 9.17) is 5.73 Å². The summed E-state index contributed by atoms with van der Waals surface area (Å²) in [6, 6.07) is 7.90. The Balaban J connectivity index is 2.71. The highest BCUT2D eigenvalue weighted by molar-refractivity contribution is 7.83. The van der Waals surface area contributed by atoms with Crippen LogP contribution < -0.4 is 5.73 Å². The van der Waals surface area contributed by atoms with Crippen LogP contribution in [0.5, 0.6) is 0 Å². The summed E-state index contributed by atoms with van der Waals surface area (Å²) in [5, 5.41) is 0. The summed E-state index contributed by atoms with van der Waals surface area (Å²) >= 11 is 0. The van der Waals surface area contributed by atoms with Gasteiger partial charge < -0.3 is 5.73 Å². The molecule has 0 aliphatic heterocycles. The molecule has 2 N–H and O–H groups in total. The summed E-state index contributed by atoms with van der Waals surface area (Å²) < 4.78 is 10.9. The van der Waals surface area contributed by atoms with E-state index in [0.29, 0.717) is 12.3 Å². The lowest BCUT2D eigenvalue weighted by Crippen LogP contribution is -1.97. The van der Waals surface area contributed by atoms with Crippen molar-refractivity contribution in [2.45, 2.75) is 12.3 Å². The Kier molecular flexibility index (Phi) is 3.44. The van der Waals surface area contributed by atoms with E-state index in [9.17, 15) is 4.21 Å². The van der Waals surface area contributed by atoms with Gasteiger partial charge in [-0.2, -0.15) is 0 Å². The van der Waals surface area contributed by atoms with Crippen LogP contribution in [0.4, 0.5) is 0 Å². The van der Waals surface area contributed by atoms with Gasteiger partial charge in [0.15, 0.2) is 0 Å². The van der Waals surface area contributed by atoms with Gasteiger partial charge >= 0.3 is 0 Å². The van der Waals surface area contributed by atoms with Crippen LogP contribution in [-0.2, 0) is 23.1 Å². The maximum Gasteiger partial charge on any atom is 0.0482 e. The van der Waals surface area contributed by atoms with E-state index in [1.807, 2.05) is 24.3 Å². The van der Waals surface area contributed by atoms with Gasteiger partial charge in [-0.1, -0.05) is 24.3 Å². The fourth-order valence-electron chi connectivity index (χ4n) is 1.01. The molecular weight excluding hydrogens is 170 g/mol. The first kappa shape index (κ1) is 9.42. The lowest BCUT2D eigenvalue weighted by Gasteiger charge is -1.99. The second kappa shape index (κ2) is 4.38. The van der Waals surface area contributed by atoms with Crippen molar-refractivity contribution in [3.63, 3.8) is 0 Å². The second-order valence-corrected chi connectivity index (χ2v) is 4.17. The smallest absolute Gasteiger partial charge is 0.0482 e. The Morgan fingerprint density at radius 2 is 1.75 bits per heavy atom. The van der Waals surface area contributed by atoms with Crippen molar-refractivity contribution in [3.05, 3.63) is 35.4 Å². The summed E-state index contributed by atoms with van der Waals surface area (Å²) in [6.45, 7) is 0.565. The van der Waals surface area contributed by atoms with Gasteiger partial charge in [0.05, 0.1) is 0 Å². The predicted octanol–water partition coefficient (Wildman–Crippen LogP) is 1.02. The topological polar surface area (TPSA) is 43.1 Å². The molecule has 0 aliphatic rings. The van der Waals surface area contributed by atoms with E-state index in [0.717, 1.165) is 11.1 Å². The van der Waals surface area contributed by atoms with Crippen molar-refractivity contribution < 1.29 is 4.21 Å². The van der Waals surface area contributed by atoms with Gasteiger partial charge in [0.2, 0.25) is 0 Å². The number of hydrogen-bond donors (Lipinski definition) is 1. The quantitative estimate of drug-likeness (QED) is 0.760. The van der Waals surface area contributed by atoms with Crippen LogP contribution in [0.25, 0.3) is 0 Å². The molecule has 2 nitrogen and oxygen atoms in total. The molecule has 0 radical (unpaired) electrons. The van der Waals surface area contributed by atoms with Crippen LogP contribution in [0, 0.1) is 0 Å². The summed E-state index contributed by atoms with van der Waals surface area (Å²) in [5.41, 5.74) is 7.66. The Bertz CT molecular complexity index is 268. The highest BCUT2D eigenvalue weighted by Crippen LogP contribution is 2.05. The summed E-state index contributed by atoms with van der Waals surface area (Å²) in [5.74, 6) is 0.630. The molecule has 66 valence electrons. The molecule has 0 saturated carbocycles. The highest BCUT2D eigenvalue weighted by atomic mass is 32.2. The minimum absolute atomic E-state index is 0.565. The third-order valence-electron chi connectivity index (χ3n) is 1.63. The number of hydrogen-bond acceptors (Lipinski definition) is 2. The molecule has 0 aromatic heterocycles. The monoisotopic (exact) mass is 183 g/mol. The molecular formula is C9H13NOS. The van der Waals surface area contributed by atoms with Crippen molar-refractivity contribution >= 4 is 10.8 Å². The van der Waals surface area contributed by atoms with E-state index in [2.05, 4.69) is 0 Å². The molecule has 1 aromatic rings. The minimum Gasteiger partial charge on any atom is -0.326 e. The van der Waals surface area contributed by atoms with Crippen molar-refractivity contribution in [1.29, 1.82) is 0 Å².